The summed E-state index contributed by atoms with van der Waals surface area (Å²) in [5.74, 6) is 0.122. The van der Waals surface area contributed by atoms with Gasteiger partial charge in [-0.15, -0.1) is 5.10 Å². The minimum atomic E-state index is -3.58. The van der Waals surface area contributed by atoms with Crippen LogP contribution in [0.1, 0.15) is 49.8 Å². The van der Waals surface area contributed by atoms with Crippen molar-refractivity contribution in [2.75, 3.05) is 0 Å². The third-order valence-electron chi connectivity index (χ3n) is 4.67. The fourth-order valence-corrected chi connectivity index (χ4v) is 4.38. The molecule has 2 aromatic rings. The first kappa shape index (κ1) is 13.9. The first-order valence-electron chi connectivity index (χ1n) is 7.32. The van der Waals surface area contributed by atoms with Crippen molar-refractivity contribution >= 4 is 9.84 Å². The van der Waals surface area contributed by atoms with Crippen molar-refractivity contribution in [3.05, 3.63) is 41.7 Å². The Hall–Kier alpha value is -1.76. The van der Waals surface area contributed by atoms with E-state index in [4.69, 9.17) is 0 Å². The highest BCUT2D eigenvalue weighted by molar-refractivity contribution is 7.92. The Balaban J connectivity index is 1.79. The fourth-order valence-electron chi connectivity index (χ4n) is 2.89. The SMILES string of the molecule is CC1(S(=O)(=O)c2nc3n(n2)[C@H](c2ccccc2)C[C@@H]3F)CC1. The van der Waals surface area contributed by atoms with Gasteiger partial charge in [0.1, 0.15) is 0 Å². The van der Waals surface area contributed by atoms with E-state index in [1.807, 2.05) is 30.3 Å². The highest BCUT2D eigenvalue weighted by atomic mass is 32.2. The minimum absolute atomic E-state index is 0.122. The summed E-state index contributed by atoms with van der Waals surface area (Å²) >= 11 is 0. The lowest BCUT2D eigenvalue weighted by Gasteiger charge is -2.12. The molecule has 2 aliphatic rings. The van der Waals surface area contributed by atoms with E-state index in [0.29, 0.717) is 12.8 Å². The Labute approximate surface area is 128 Å². The van der Waals surface area contributed by atoms with Gasteiger partial charge in [-0.05, 0) is 25.3 Å². The largest absolute Gasteiger partial charge is 0.267 e. The van der Waals surface area contributed by atoms with Crippen molar-refractivity contribution in [1.29, 1.82) is 0 Å². The van der Waals surface area contributed by atoms with Crippen molar-refractivity contribution in [2.45, 2.75) is 48.3 Å². The first-order chi connectivity index (χ1) is 10.4. The Kier molecular flexibility index (Phi) is 2.76. The van der Waals surface area contributed by atoms with Gasteiger partial charge < -0.3 is 0 Å². The molecule has 0 saturated heterocycles. The van der Waals surface area contributed by atoms with Gasteiger partial charge in [-0.3, -0.25) is 0 Å². The van der Waals surface area contributed by atoms with Crippen LogP contribution in [0.15, 0.2) is 35.5 Å². The number of nitrogens with zero attached hydrogens (tertiary/aromatic N) is 3. The molecule has 2 heterocycles. The van der Waals surface area contributed by atoms with Crippen LogP contribution in [-0.2, 0) is 9.84 Å². The van der Waals surface area contributed by atoms with Crippen LogP contribution in [-0.4, -0.2) is 27.9 Å². The molecule has 116 valence electrons. The molecule has 0 radical (unpaired) electrons. The summed E-state index contributed by atoms with van der Waals surface area (Å²) in [6.45, 7) is 1.69. The monoisotopic (exact) mass is 321 g/mol. The maximum absolute atomic E-state index is 14.2. The summed E-state index contributed by atoms with van der Waals surface area (Å²) in [6, 6.07) is 9.13. The molecule has 5 nitrogen and oxygen atoms in total. The highest BCUT2D eigenvalue weighted by Gasteiger charge is 2.53. The molecule has 1 fully saturated rings. The van der Waals surface area contributed by atoms with Crippen LogP contribution in [0, 0.1) is 0 Å². The molecule has 22 heavy (non-hydrogen) atoms. The summed E-state index contributed by atoms with van der Waals surface area (Å²) in [4.78, 5) is 4.01. The van der Waals surface area contributed by atoms with Crippen LogP contribution in [0.25, 0.3) is 0 Å². The van der Waals surface area contributed by atoms with E-state index < -0.39 is 20.8 Å². The van der Waals surface area contributed by atoms with Crippen LogP contribution < -0.4 is 0 Å². The van der Waals surface area contributed by atoms with E-state index >= 15 is 0 Å². The molecular formula is C15H16FN3O2S. The number of benzene rings is 1. The second-order valence-electron chi connectivity index (χ2n) is 6.28. The van der Waals surface area contributed by atoms with Crippen LogP contribution in [0.4, 0.5) is 4.39 Å². The lowest BCUT2D eigenvalue weighted by atomic mass is 10.0. The number of halogens is 1. The van der Waals surface area contributed by atoms with E-state index in [-0.39, 0.29) is 23.4 Å². The Morgan fingerprint density at radius 1 is 1.27 bits per heavy atom. The molecule has 4 rings (SSSR count). The third kappa shape index (κ3) is 1.84. The first-order valence-corrected chi connectivity index (χ1v) is 8.81. The van der Waals surface area contributed by atoms with E-state index in [9.17, 15) is 12.8 Å². The predicted molar refractivity (Wildman–Crippen MR) is 77.9 cm³/mol. The molecule has 0 N–H and O–H groups in total. The number of fused-ring (bicyclic) bond motifs is 1. The molecule has 2 atom stereocenters. The van der Waals surface area contributed by atoms with E-state index in [1.165, 1.54) is 4.68 Å². The zero-order valence-electron chi connectivity index (χ0n) is 12.1. The summed E-state index contributed by atoms with van der Waals surface area (Å²) < 4.78 is 39.9. The van der Waals surface area contributed by atoms with Crippen LogP contribution in [0.3, 0.4) is 0 Å². The summed E-state index contributed by atoms with van der Waals surface area (Å²) in [5.41, 5.74) is 0.912. The maximum Gasteiger partial charge on any atom is 0.267 e. The zero-order chi connectivity index (χ0) is 15.5. The molecular weight excluding hydrogens is 305 g/mol. The molecule has 0 spiro atoms. The molecule has 7 heteroatoms. The van der Waals surface area contributed by atoms with Crippen LogP contribution >= 0.6 is 0 Å². The predicted octanol–water partition coefficient (Wildman–Crippen LogP) is 2.61. The molecule has 1 aliphatic carbocycles. The van der Waals surface area contributed by atoms with Gasteiger partial charge in [0.05, 0.1) is 10.8 Å². The van der Waals surface area contributed by atoms with Gasteiger partial charge in [-0.25, -0.2) is 17.5 Å². The lowest BCUT2D eigenvalue weighted by molar-refractivity contribution is 0.326. The molecule has 0 unspecified atom stereocenters. The number of alkyl halides is 1. The molecule has 1 aromatic heterocycles. The summed E-state index contributed by atoms with van der Waals surface area (Å²) in [6.07, 6.45) is 0.186. The standard InChI is InChI=1S/C15H16FN3O2S/c1-15(7-8-15)22(20,21)14-17-13-11(16)9-12(19(13)18-14)10-5-3-2-4-6-10/h2-6,11-12H,7-9H2,1H3/t11-,12-/m0/s1. The smallest absolute Gasteiger partial charge is 0.239 e. The average molecular weight is 321 g/mol. The van der Waals surface area contributed by atoms with Crippen molar-refractivity contribution in [3.63, 3.8) is 0 Å². The van der Waals surface area contributed by atoms with Crippen LogP contribution in [0.2, 0.25) is 0 Å². The number of rotatable bonds is 3. The van der Waals surface area contributed by atoms with E-state index in [1.54, 1.807) is 6.92 Å². The normalized spacial score (nSPS) is 25.9. The molecule has 0 amide bonds. The molecule has 1 saturated carbocycles. The maximum atomic E-state index is 14.2. The number of hydrogen-bond acceptors (Lipinski definition) is 4. The second kappa shape index (κ2) is 4.38. The Morgan fingerprint density at radius 3 is 2.59 bits per heavy atom. The average Bonchev–Trinajstić information content (AvgIpc) is 2.99. The zero-order valence-corrected chi connectivity index (χ0v) is 12.9. The minimum Gasteiger partial charge on any atom is -0.239 e. The van der Waals surface area contributed by atoms with Crippen molar-refractivity contribution in [3.8, 4) is 0 Å². The van der Waals surface area contributed by atoms with Gasteiger partial charge in [0.15, 0.2) is 12.0 Å². The van der Waals surface area contributed by atoms with Gasteiger partial charge in [-0.2, -0.15) is 4.98 Å². The number of sulfone groups is 1. The highest BCUT2D eigenvalue weighted by Crippen LogP contribution is 2.47. The molecule has 0 bridgehead atoms. The quantitative estimate of drug-likeness (QED) is 0.871. The third-order valence-corrected chi connectivity index (χ3v) is 7.03. The summed E-state index contributed by atoms with van der Waals surface area (Å²) in [5, 5.41) is 3.92. The van der Waals surface area contributed by atoms with Crippen molar-refractivity contribution < 1.29 is 12.8 Å². The Morgan fingerprint density at radius 2 is 1.95 bits per heavy atom. The van der Waals surface area contributed by atoms with E-state index in [0.717, 1.165) is 5.56 Å². The van der Waals surface area contributed by atoms with Gasteiger partial charge in [0.25, 0.3) is 5.16 Å². The van der Waals surface area contributed by atoms with Crippen molar-refractivity contribution in [2.24, 2.45) is 0 Å². The number of aromatic nitrogens is 3. The lowest BCUT2D eigenvalue weighted by Crippen LogP contribution is -2.21. The van der Waals surface area contributed by atoms with Crippen LogP contribution in [0.5, 0.6) is 0 Å². The molecule has 1 aromatic carbocycles. The van der Waals surface area contributed by atoms with Gasteiger partial charge in [0.2, 0.25) is 9.84 Å². The Bertz CT molecular complexity index is 828. The van der Waals surface area contributed by atoms with Gasteiger partial charge in [0, 0.05) is 6.42 Å². The van der Waals surface area contributed by atoms with Gasteiger partial charge >= 0.3 is 0 Å². The summed E-state index contributed by atoms with van der Waals surface area (Å²) in [7, 11) is -3.58. The fraction of sp³-hybridized carbons (Fsp3) is 0.467. The topological polar surface area (TPSA) is 64.8 Å². The van der Waals surface area contributed by atoms with E-state index in [2.05, 4.69) is 10.1 Å². The van der Waals surface area contributed by atoms with Gasteiger partial charge in [-0.1, -0.05) is 30.3 Å². The second-order valence-corrected chi connectivity index (χ2v) is 8.64. The van der Waals surface area contributed by atoms with Crippen molar-refractivity contribution in [1.82, 2.24) is 14.8 Å². The molecule has 1 aliphatic heterocycles. The number of hydrogen-bond donors (Lipinski definition) is 0.